The molecule has 3 heteroatoms. The van der Waals surface area contributed by atoms with E-state index < -0.39 is 0 Å². The summed E-state index contributed by atoms with van der Waals surface area (Å²) in [6.07, 6.45) is 6.63. The van der Waals surface area contributed by atoms with Crippen LogP contribution in [-0.4, -0.2) is 49.8 Å². The van der Waals surface area contributed by atoms with Gasteiger partial charge in [0, 0.05) is 38.4 Å². The van der Waals surface area contributed by atoms with Gasteiger partial charge in [0.2, 0.25) is 0 Å². The summed E-state index contributed by atoms with van der Waals surface area (Å²) in [5.74, 6) is 0. The third kappa shape index (κ3) is 2.51. The molecule has 3 aliphatic heterocycles. The van der Waals surface area contributed by atoms with Gasteiger partial charge < -0.3 is 10.1 Å². The molecular formula is C14H26N2O. The summed E-state index contributed by atoms with van der Waals surface area (Å²) in [5, 5.41) is 3.87. The van der Waals surface area contributed by atoms with Crippen LogP contribution in [0.25, 0.3) is 0 Å². The van der Waals surface area contributed by atoms with Gasteiger partial charge in [-0.25, -0.2) is 0 Å². The molecule has 2 unspecified atom stereocenters. The van der Waals surface area contributed by atoms with Crippen molar-refractivity contribution in [3.8, 4) is 0 Å². The topological polar surface area (TPSA) is 24.5 Å². The van der Waals surface area contributed by atoms with E-state index in [9.17, 15) is 0 Å². The zero-order valence-electron chi connectivity index (χ0n) is 11.1. The van der Waals surface area contributed by atoms with Crippen LogP contribution < -0.4 is 5.32 Å². The summed E-state index contributed by atoms with van der Waals surface area (Å²) in [6, 6.07) is 1.61. The first-order valence-electron chi connectivity index (χ1n) is 7.32. The summed E-state index contributed by atoms with van der Waals surface area (Å²) in [4.78, 5) is 2.68. The third-order valence-electron chi connectivity index (χ3n) is 5.10. The van der Waals surface area contributed by atoms with Crippen LogP contribution in [0.4, 0.5) is 0 Å². The highest BCUT2D eigenvalue weighted by atomic mass is 16.5. The molecule has 0 bridgehead atoms. The molecule has 0 amide bonds. The molecule has 1 N–H and O–H groups in total. The fourth-order valence-electron chi connectivity index (χ4n) is 3.74. The second-order valence-corrected chi connectivity index (χ2v) is 6.44. The maximum Gasteiger partial charge on any atom is 0.0471 e. The highest BCUT2D eigenvalue weighted by Crippen LogP contribution is 2.31. The van der Waals surface area contributed by atoms with E-state index in [0.29, 0.717) is 5.41 Å². The van der Waals surface area contributed by atoms with Crippen LogP contribution in [0, 0.1) is 5.41 Å². The standard InChI is InChI=1S/C14H26N2O/c1-14(5-9-17-10-6-14)11-15-12-4-8-16-7-2-3-13(12)16/h12-13,15H,2-11H2,1H3. The van der Waals surface area contributed by atoms with Crippen LogP contribution in [0.1, 0.15) is 39.0 Å². The molecule has 3 fully saturated rings. The van der Waals surface area contributed by atoms with Crippen LogP contribution in [0.15, 0.2) is 0 Å². The van der Waals surface area contributed by atoms with Crippen molar-refractivity contribution in [1.29, 1.82) is 0 Å². The van der Waals surface area contributed by atoms with Crippen molar-refractivity contribution in [2.24, 2.45) is 5.41 Å². The van der Waals surface area contributed by atoms with Crippen molar-refractivity contribution >= 4 is 0 Å². The number of nitrogens with one attached hydrogen (secondary N) is 1. The largest absolute Gasteiger partial charge is 0.381 e. The predicted molar refractivity (Wildman–Crippen MR) is 69.2 cm³/mol. The Balaban J connectivity index is 1.50. The molecule has 0 aliphatic carbocycles. The van der Waals surface area contributed by atoms with Crippen molar-refractivity contribution < 1.29 is 4.74 Å². The average Bonchev–Trinajstić information content (AvgIpc) is 2.90. The monoisotopic (exact) mass is 238 g/mol. The minimum atomic E-state index is 0.476. The minimum Gasteiger partial charge on any atom is -0.381 e. The molecule has 0 radical (unpaired) electrons. The maximum atomic E-state index is 5.47. The first kappa shape index (κ1) is 11.9. The van der Waals surface area contributed by atoms with E-state index in [-0.39, 0.29) is 0 Å². The summed E-state index contributed by atoms with van der Waals surface area (Å²) < 4.78 is 5.47. The van der Waals surface area contributed by atoms with E-state index in [0.717, 1.165) is 25.3 Å². The van der Waals surface area contributed by atoms with Crippen LogP contribution in [-0.2, 0) is 4.74 Å². The summed E-state index contributed by atoms with van der Waals surface area (Å²) >= 11 is 0. The lowest BCUT2D eigenvalue weighted by Crippen LogP contribution is -2.45. The highest BCUT2D eigenvalue weighted by Gasteiger charge is 2.38. The molecule has 3 saturated heterocycles. The zero-order chi connectivity index (χ0) is 11.7. The number of rotatable bonds is 3. The Morgan fingerprint density at radius 3 is 2.88 bits per heavy atom. The van der Waals surface area contributed by atoms with Gasteiger partial charge in [0.05, 0.1) is 0 Å². The Morgan fingerprint density at radius 1 is 1.24 bits per heavy atom. The molecule has 0 spiro atoms. The first-order valence-corrected chi connectivity index (χ1v) is 7.32. The smallest absolute Gasteiger partial charge is 0.0471 e. The normalized spacial score (nSPS) is 37.2. The number of hydrogen-bond acceptors (Lipinski definition) is 3. The number of ether oxygens (including phenoxy) is 1. The quantitative estimate of drug-likeness (QED) is 0.809. The third-order valence-corrected chi connectivity index (χ3v) is 5.10. The Labute approximate surface area is 105 Å². The van der Waals surface area contributed by atoms with Gasteiger partial charge in [-0.3, -0.25) is 4.90 Å². The predicted octanol–water partition coefficient (Wildman–Crippen LogP) is 1.63. The van der Waals surface area contributed by atoms with E-state index in [2.05, 4.69) is 17.1 Å². The lowest BCUT2D eigenvalue weighted by atomic mass is 9.82. The van der Waals surface area contributed by atoms with E-state index in [1.54, 1.807) is 0 Å². The van der Waals surface area contributed by atoms with Gasteiger partial charge in [-0.15, -0.1) is 0 Å². The molecule has 3 heterocycles. The Morgan fingerprint density at radius 2 is 2.06 bits per heavy atom. The van der Waals surface area contributed by atoms with Crippen molar-refractivity contribution in [1.82, 2.24) is 10.2 Å². The summed E-state index contributed by atoms with van der Waals surface area (Å²) in [5.41, 5.74) is 0.476. The molecule has 0 aromatic rings. The van der Waals surface area contributed by atoms with E-state index in [1.165, 1.54) is 51.7 Å². The lowest BCUT2D eigenvalue weighted by Gasteiger charge is -2.35. The molecule has 17 heavy (non-hydrogen) atoms. The van der Waals surface area contributed by atoms with Crippen LogP contribution in [0.2, 0.25) is 0 Å². The van der Waals surface area contributed by atoms with Crippen molar-refractivity contribution in [2.45, 2.75) is 51.1 Å². The second kappa shape index (κ2) is 4.87. The molecule has 0 saturated carbocycles. The molecule has 2 atom stereocenters. The molecule has 0 aromatic heterocycles. The second-order valence-electron chi connectivity index (χ2n) is 6.44. The van der Waals surface area contributed by atoms with Gasteiger partial charge in [-0.1, -0.05) is 6.92 Å². The van der Waals surface area contributed by atoms with Crippen molar-refractivity contribution in [3.63, 3.8) is 0 Å². The van der Waals surface area contributed by atoms with Gasteiger partial charge in [0.1, 0.15) is 0 Å². The number of nitrogens with zero attached hydrogens (tertiary/aromatic N) is 1. The fraction of sp³-hybridized carbons (Fsp3) is 1.00. The first-order chi connectivity index (χ1) is 8.27. The highest BCUT2D eigenvalue weighted by molar-refractivity contribution is 4.96. The molecule has 98 valence electrons. The molecule has 0 aromatic carbocycles. The number of hydrogen-bond donors (Lipinski definition) is 1. The lowest BCUT2D eigenvalue weighted by molar-refractivity contribution is 0.0225. The van der Waals surface area contributed by atoms with E-state index in [4.69, 9.17) is 4.74 Å². The van der Waals surface area contributed by atoms with Gasteiger partial charge in [-0.05, 0) is 44.1 Å². The zero-order valence-corrected chi connectivity index (χ0v) is 11.1. The maximum absolute atomic E-state index is 5.47. The van der Waals surface area contributed by atoms with Gasteiger partial charge in [-0.2, -0.15) is 0 Å². The molecule has 3 nitrogen and oxygen atoms in total. The van der Waals surface area contributed by atoms with Gasteiger partial charge >= 0.3 is 0 Å². The van der Waals surface area contributed by atoms with Crippen LogP contribution >= 0.6 is 0 Å². The van der Waals surface area contributed by atoms with Crippen molar-refractivity contribution in [3.05, 3.63) is 0 Å². The van der Waals surface area contributed by atoms with E-state index in [1.807, 2.05) is 0 Å². The summed E-state index contributed by atoms with van der Waals surface area (Å²) in [7, 11) is 0. The number of fused-ring (bicyclic) bond motifs is 1. The SMILES string of the molecule is CC1(CNC2CCN3CCCC23)CCOCC1. The van der Waals surface area contributed by atoms with Crippen LogP contribution in [0.5, 0.6) is 0 Å². The van der Waals surface area contributed by atoms with Gasteiger partial charge in [0.15, 0.2) is 0 Å². The van der Waals surface area contributed by atoms with Crippen LogP contribution in [0.3, 0.4) is 0 Å². The Kier molecular flexibility index (Phi) is 3.42. The van der Waals surface area contributed by atoms with Crippen molar-refractivity contribution in [2.75, 3.05) is 32.8 Å². The summed E-state index contributed by atoms with van der Waals surface area (Å²) in [6.45, 7) is 8.18. The molecule has 3 rings (SSSR count). The molecule has 3 aliphatic rings. The van der Waals surface area contributed by atoms with E-state index >= 15 is 0 Å². The Bertz CT molecular complexity index is 263. The molecular weight excluding hydrogens is 212 g/mol. The van der Waals surface area contributed by atoms with Gasteiger partial charge in [0.25, 0.3) is 0 Å². The fourth-order valence-corrected chi connectivity index (χ4v) is 3.74. The minimum absolute atomic E-state index is 0.476. The Hall–Kier alpha value is -0.120. The average molecular weight is 238 g/mol.